The second-order valence-corrected chi connectivity index (χ2v) is 3.11. The quantitative estimate of drug-likeness (QED) is 0.760. The second-order valence-electron chi connectivity index (χ2n) is 3.11. The van der Waals surface area contributed by atoms with Crippen LogP contribution < -0.4 is 0 Å². The molecular weight excluding hydrogens is 195 g/mol. The average molecular weight is 207 g/mol. The van der Waals surface area contributed by atoms with Gasteiger partial charge < -0.3 is 0 Å². The minimum absolute atomic E-state index is 0.0434. The fourth-order valence-corrected chi connectivity index (χ4v) is 1.26. The molecule has 14 heavy (non-hydrogen) atoms. The van der Waals surface area contributed by atoms with Gasteiger partial charge in [-0.15, -0.1) is 5.10 Å². The molecule has 0 radical (unpaired) electrons. The fourth-order valence-electron chi connectivity index (χ4n) is 1.26. The lowest BCUT2D eigenvalue weighted by molar-refractivity contribution is -0.144. The third kappa shape index (κ3) is 2.24. The highest BCUT2D eigenvalue weighted by Gasteiger charge is 2.37. The number of halogens is 3. The highest BCUT2D eigenvalue weighted by atomic mass is 19.4. The first-order valence-electron chi connectivity index (χ1n) is 4.42. The zero-order valence-electron chi connectivity index (χ0n) is 8.10. The van der Waals surface area contributed by atoms with Crippen LogP contribution in [0.5, 0.6) is 0 Å². The maximum Gasteiger partial charge on any atom is 0.434 e. The van der Waals surface area contributed by atoms with Crippen LogP contribution in [0.15, 0.2) is 0 Å². The van der Waals surface area contributed by atoms with Crippen molar-refractivity contribution in [1.29, 1.82) is 0 Å². The number of aryl methyl sites for hydroxylation is 2. The van der Waals surface area contributed by atoms with Crippen molar-refractivity contribution in [1.82, 2.24) is 15.0 Å². The zero-order chi connectivity index (χ0) is 10.8. The Kier molecular flexibility index (Phi) is 3.13. The first-order valence-corrected chi connectivity index (χ1v) is 4.42. The summed E-state index contributed by atoms with van der Waals surface area (Å²) in [5.41, 5.74) is -0.687. The SMILES string of the molecule is CCCCc1nnn(C)c1C(F)(F)F. The summed E-state index contributed by atoms with van der Waals surface area (Å²) in [7, 11) is 1.26. The number of hydrogen-bond acceptors (Lipinski definition) is 2. The summed E-state index contributed by atoms with van der Waals surface area (Å²) in [6, 6.07) is 0. The lowest BCUT2D eigenvalue weighted by Crippen LogP contribution is -2.14. The van der Waals surface area contributed by atoms with E-state index in [0.29, 0.717) is 12.8 Å². The van der Waals surface area contributed by atoms with E-state index in [4.69, 9.17) is 0 Å². The molecule has 1 heterocycles. The van der Waals surface area contributed by atoms with Crippen molar-refractivity contribution in [2.24, 2.45) is 7.05 Å². The normalized spacial score (nSPS) is 12.1. The number of rotatable bonds is 3. The minimum Gasteiger partial charge on any atom is -0.243 e. The van der Waals surface area contributed by atoms with Gasteiger partial charge in [-0.2, -0.15) is 13.2 Å². The topological polar surface area (TPSA) is 30.7 Å². The Balaban J connectivity index is 2.95. The van der Waals surface area contributed by atoms with Gasteiger partial charge in [0.1, 0.15) is 0 Å². The van der Waals surface area contributed by atoms with Gasteiger partial charge in [0.15, 0.2) is 5.69 Å². The first-order chi connectivity index (χ1) is 6.46. The summed E-state index contributed by atoms with van der Waals surface area (Å²) in [6.45, 7) is 1.92. The summed E-state index contributed by atoms with van der Waals surface area (Å²) < 4.78 is 38.2. The Morgan fingerprint density at radius 1 is 1.36 bits per heavy atom. The summed E-state index contributed by atoms with van der Waals surface area (Å²) in [5.74, 6) is 0. The van der Waals surface area contributed by atoms with Crippen LogP contribution in [0, 0.1) is 0 Å². The van der Waals surface area contributed by atoms with Crippen LogP contribution >= 0.6 is 0 Å². The number of hydrogen-bond donors (Lipinski definition) is 0. The summed E-state index contributed by atoms with van der Waals surface area (Å²) in [5, 5.41) is 6.90. The molecule has 3 nitrogen and oxygen atoms in total. The molecule has 0 aliphatic carbocycles. The largest absolute Gasteiger partial charge is 0.434 e. The second kappa shape index (κ2) is 3.98. The lowest BCUT2D eigenvalue weighted by Gasteiger charge is -2.07. The smallest absolute Gasteiger partial charge is 0.243 e. The summed E-state index contributed by atoms with van der Waals surface area (Å²) in [6.07, 6.45) is -2.49. The molecule has 0 bridgehead atoms. The van der Waals surface area contributed by atoms with Gasteiger partial charge in [-0.1, -0.05) is 18.6 Å². The van der Waals surface area contributed by atoms with E-state index in [2.05, 4.69) is 10.3 Å². The predicted molar refractivity (Wildman–Crippen MR) is 44.6 cm³/mol. The third-order valence-corrected chi connectivity index (χ3v) is 1.93. The van der Waals surface area contributed by atoms with Gasteiger partial charge in [-0.25, -0.2) is 4.68 Å². The molecule has 0 amide bonds. The van der Waals surface area contributed by atoms with Crippen LogP contribution in [0.25, 0.3) is 0 Å². The molecule has 1 aromatic rings. The molecule has 6 heteroatoms. The number of aromatic nitrogens is 3. The van der Waals surface area contributed by atoms with Crippen LogP contribution in [-0.4, -0.2) is 15.0 Å². The van der Waals surface area contributed by atoms with Gasteiger partial charge in [-0.05, 0) is 12.8 Å². The van der Waals surface area contributed by atoms with Crippen LogP contribution in [0.3, 0.4) is 0 Å². The number of unbranched alkanes of at least 4 members (excludes halogenated alkanes) is 1. The van der Waals surface area contributed by atoms with E-state index in [0.717, 1.165) is 11.1 Å². The molecule has 1 rings (SSSR count). The number of alkyl halides is 3. The molecule has 0 atom stereocenters. The molecule has 0 unspecified atom stereocenters. The van der Waals surface area contributed by atoms with Crippen molar-refractivity contribution in [3.63, 3.8) is 0 Å². The van der Waals surface area contributed by atoms with E-state index in [-0.39, 0.29) is 5.69 Å². The van der Waals surface area contributed by atoms with Crippen LogP contribution in [0.2, 0.25) is 0 Å². The molecule has 1 aromatic heterocycles. The molecule has 0 N–H and O–H groups in total. The van der Waals surface area contributed by atoms with E-state index in [9.17, 15) is 13.2 Å². The molecule has 0 aromatic carbocycles. The van der Waals surface area contributed by atoms with Crippen molar-refractivity contribution in [2.45, 2.75) is 32.4 Å². The van der Waals surface area contributed by atoms with Gasteiger partial charge in [0, 0.05) is 7.05 Å². The maximum atomic E-state index is 12.5. The van der Waals surface area contributed by atoms with Crippen molar-refractivity contribution in [3.8, 4) is 0 Å². The van der Waals surface area contributed by atoms with E-state index in [1.54, 1.807) is 0 Å². The van der Waals surface area contributed by atoms with Crippen LogP contribution in [-0.2, 0) is 19.6 Å². The van der Waals surface area contributed by atoms with Gasteiger partial charge in [-0.3, -0.25) is 0 Å². The van der Waals surface area contributed by atoms with Gasteiger partial charge in [0.25, 0.3) is 0 Å². The molecule has 80 valence electrons. The Hall–Kier alpha value is -1.07. The molecule has 0 saturated heterocycles. The number of nitrogens with zero attached hydrogens (tertiary/aromatic N) is 3. The van der Waals surface area contributed by atoms with E-state index in [1.165, 1.54) is 7.05 Å². The predicted octanol–water partition coefficient (Wildman–Crippen LogP) is 2.18. The van der Waals surface area contributed by atoms with E-state index < -0.39 is 11.9 Å². The fraction of sp³-hybridized carbons (Fsp3) is 0.750. The third-order valence-electron chi connectivity index (χ3n) is 1.93. The summed E-state index contributed by atoms with van der Waals surface area (Å²) in [4.78, 5) is 0. The van der Waals surface area contributed by atoms with Crippen LogP contribution in [0.4, 0.5) is 13.2 Å². The molecule has 0 aliphatic rings. The van der Waals surface area contributed by atoms with Crippen molar-refractivity contribution in [3.05, 3.63) is 11.4 Å². The van der Waals surface area contributed by atoms with Gasteiger partial charge in [0.2, 0.25) is 0 Å². The molecular formula is C8H12F3N3. The lowest BCUT2D eigenvalue weighted by atomic mass is 10.1. The minimum atomic E-state index is -4.36. The molecule has 0 fully saturated rings. The zero-order valence-corrected chi connectivity index (χ0v) is 8.10. The highest BCUT2D eigenvalue weighted by molar-refractivity contribution is 5.13. The standard InChI is InChI=1S/C8H12F3N3/c1-3-4-5-6-7(8(9,10)11)14(2)13-12-6/h3-5H2,1-2H3. The average Bonchev–Trinajstić information content (AvgIpc) is 2.42. The van der Waals surface area contributed by atoms with Gasteiger partial charge >= 0.3 is 6.18 Å². The van der Waals surface area contributed by atoms with Gasteiger partial charge in [0.05, 0.1) is 5.69 Å². The van der Waals surface area contributed by atoms with Crippen molar-refractivity contribution in [2.75, 3.05) is 0 Å². The molecule has 0 spiro atoms. The van der Waals surface area contributed by atoms with Crippen LogP contribution in [0.1, 0.15) is 31.2 Å². The molecule has 0 aliphatic heterocycles. The highest BCUT2D eigenvalue weighted by Crippen LogP contribution is 2.30. The Morgan fingerprint density at radius 2 is 2.00 bits per heavy atom. The van der Waals surface area contributed by atoms with E-state index >= 15 is 0 Å². The monoisotopic (exact) mass is 207 g/mol. The maximum absolute atomic E-state index is 12.5. The Labute approximate surface area is 79.9 Å². The summed E-state index contributed by atoms with van der Waals surface area (Å²) >= 11 is 0. The first kappa shape index (κ1) is 11.0. The molecule has 0 saturated carbocycles. The van der Waals surface area contributed by atoms with Crippen molar-refractivity contribution < 1.29 is 13.2 Å². The van der Waals surface area contributed by atoms with Crippen molar-refractivity contribution >= 4 is 0 Å². The Morgan fingerprint density at radius 3 is 2.50 bits per heavy atom. The van der Waals surface area contributed by atoms with E-state index in [1.807, 2.05) is 6.92 Å². The Bertz CT molecular complexity index is 303.